The molecule has 0 saturated heterocycles. The maximum absolute atomic E-state index is 12.3. The fraction of sp³-hybridized carbons (Fsp3) is 0.429. The van der Waals surface area contributed by atoms with Crippen molar-refractivity contribution in [2.24, 2.45) is 5.84 Å². The lowest BCUT2D eigenvalue weighted by atomic mass is 10.2. The van der Waals surface area contributed by atoms with Crippen molar-refractivity contribution in [1.82, 2.24) is 9.97 Å². The van der Waals surface area contributed by atoms with Crippen molar-refractivity contribution in [1.29, 1.82) is 0 Å². The van der Waals surface area contributed by atoms with E-state index in [-0.39, 0.29) is 5.95 Å². The molecule has 1 heterocycles. The smallest absolute Gasteiger partial charge is 0.292 e. The highest BCUT2D eigenvalue weighted by molar-refractivity contribution is 5.27. The number of hydrazine groups is 1. The van der Waals surface area contributed by atoms with Crippen molar-refractivity contribution >= 4 is 5.95 Å². The van der Waals surface area contributed by atoms with Crippen LogP contribution in [0.5, 0.6) is 0 Å². The van der Waals surface area contributed by atoms with Crippen molar-refractivity contribution in [3.05, 3.63) is 17.5 Å². The highest BCUT2D eigenvalue weighted by Gasteiger charge is 2.33. The van der Waals surface area contributed by atoms with Gasteiger partial charge in [0.1, 0.15) is 5.69 Å². The third-order valence-corrected chi connectivity index (χ3v) is 1.56. The van der Waals surface area contributed by atoms with E-state index in [0.29, 0.717) is 12.1 Å². The summed E-state index contributed by atoms with van der Waals surface area (Å²) in [5.74, 6) is 4.72. The first kappa shape index (κ1) is 10.7. The fourth-order valence-electron chi connectivity index (χ4n) is 0.888. The molecule has 14 heavy (non-hydrogen) atoms. The molecule has 0 unspecified atom stereocenters. The molecule has 3 N–H and O–H groups in total. The number of nitrogens with one attached hydrogen (secondary N) is 1. The molecule has 1 aromatic rings. The van der Waals surface area contributed by atoms with Gasteiger partial charge in [-0.15, -0.1) is 0 Å². The van der Waals surface area contributed by atoms with Crippen LogP contribution in [0.25, 0.3) is 0 Å². The van der Waals surface area contributed by atoms with E-state index in [0.717, 1.165) is 6.07 Å². The second-order valence-corrected chi connectivity index (χ2v) is 2.56. The van der Waals surface area contributed by atoms with Gasteiger partial charge in [0.2, 0.25) is 5.95 Å². The molecular weight excluding hydrogens is 197 g/mol. The van der Waals surface area contributed by atoms with Gasteiger partial charge in [-0.3, -0.25) is 5.43 Å². The van der Waals surface area contributed by atoms with Crippen LogP contribution in [0.4, 0.5) is 19.1 Å². The van der Waals surface area contributed by atoms with Crippen LogP contribution in [-0.4, -0.2) is 9.97 Å². The number of nitrogens with two attached hydrogens (primary N) is 1. The van der Waals surface area contributed by atoms with E-state index < -0.39 is 11.9 Å². The summed E-state index contributed by atoms with van der Waals surface area (Å²) >= 11 is 0. The van der Waals surface area contributed by atoms with Gasteiger partial charge in [-0.05, 0) is 12.5 Å². The second kappa shape index (κ2) is 3.79. The lowest BCUT2D eigenvalue weighted by molar-refractivity contribution is -0.141. The number of nitrogens with zero attached hydrogens (tertiary/aromatic N) is 2. The molecule has 0 amide bonds. The van der Waals surface area contributed by atoms with Crippen LogP contribution >= 0.6 is 0 Å². The Morgan fingerprint density at radius 3 is 2.50 bits per heavy atom. The van der Waals surface area contributed by atoms with Gasteiger partial charge in [0.15, 0.2) is 0 Å². The molecule has 0 radical (unpaired) electrons. The number of hydrogen-bond donors (Lipinski definition) is 2. The minimum absolute atomic E-state index is 0.225. The standard InChI is InChI=1S/C7H9F3N4/c1-2-4-3-5(7(8,9)10)13-6(12-4)14-11/h3H,2,11H2,1H3,(H,12,13,14). The maximum Gasteiger partial charge on any atom is 0.433 e. The summed E-state index contributed by atoms with van der Waals surface area (Å²) in [6.07, 6.45) is -4.08. The Morgan fingerprint density at radius 1 is 1.43 bits per heavy atom. The summed E-state index contributed by atoms with van der Waals surface area (Å²) in [6.45, 7) is 1.70. The van der Waals surface area contributed by atoms with Gasteiger partial charge in [0, 0.05) is 5.69 Å². The number of hydrogen-bond acceptors (Lipinski definition) is 4. The first-order valence-electron chi connectivity index (χ1n) is 3.89. The summed E-state index contributed by atoms with van der Waals surface area (Å²) in [6, 6.07) is 0.904. The zero-order valence-corrected chi connectivity index (χ0v) is 7.39. The second-order valence-electron chi connectivity index (χ2n) is 2.56. The van der Waals surface area contributed by atoms with Crippen LogP contribution < -0.4 is 11.3 Å². The number of rotatable bonds is 2. The van der Waals surface area contributed by atoms with Crippen molar-refractivity contribution < 1.29 is 13.2 Å². The molecule has 0 aliphatic rings. The zero-order valence-electron chi connectivity index (χ0n) is 7.39. The molecule has 0 aliphatic heterocycles. The van der Waals surface area contributed by atoms with Crippen LogP contribution in [0, 0.1) is 0 Å². The summed E-state index contributed by atoms with van der Waals surface area (Å²) in [5.41, 5.74) is 1.30. The summed E-state index contributed by atoms with van der Waals surface area (Å²) in [7, 11) is 0. The summed E-state index contributed by atoms with van der Waals surface area (Å²) < 4.78 is 36.8. The Labute approximate surface area is 78.3 Å². The first-order valence-corrected chi connectivity index (χ1v) is 3.89. The predicted molar refractivity (Wildman–Crippen MR) is 44.2 cm³/mol. The minimum atomic E-state index is -4.47. The number of nitrogen functional groups attached to an aromatic ring is 1. The Morgan fingerprint density at radius 2 is 2.07 bits per heavy atom. The fourth-order valence-corrected chi connectivity index (χ4v) is 0.888. The quantitative estimate of drug-likeness (QED) is 0.566. The maximum atomic E-state index is 12.3. The van der Waals surface area contributed by atoms with E-state index in [1.54, 1.807) is 6.92 Å². The molecule has 0 bridgehead atoms. The number of halogens is 3. The topological polar surface area (TPSA) is 63.8 Å². The van der Waals surface area contributed by atoms with Crippen LogP contribution in [0.1, 0.15) is 18.3 Å². The Kier molecular flexibility index (Phi) is 2.90. The van der Waals surface area contributed by atoms with E-state index in [1.165, 1.54) is 0 Å². The van der Waals surface area contributed by atoms with Crippen LogP contribution in [0.15, 0.2) is 6.07 Å². The van der Waals surface area contributed by atoms with Gasteiger partial charge in [0.05, 0.1) is 0 Å². The van der Waals surface area contributed by atoms with Gasteiger partial charge in [0.25, 0.3) is 0 Å². The number of aromatic nitrogens is 2. The van der Waals surface area contributed by atoms with Gasteiger partial charge < -0.3 is 0 Å². The summed E-state index contributed by atoms with van der Waals surface area (Å²) in [4.78, 5) is 6.94. The van der Waals surface area contributed by atoms with E-state index >= 15 is 0 Å². The average molecular weight is 206 g/mol. The number of anilines is 1. The highest BCUT2D eigenvalue weighted by atomic mass is 19.4. The van der Waals surface area contributed by atoms with Gasteiger partial charge in [-0.1, -0.05) is 6.92 Å². The van der Waals surface area contributed by atoms with E-state index in [1.807, 2.05) is 5.43 Å². The molecule has 7 heteroatoms. The lowest BCUT2D eigenvalue weighted by Crippen LogP contribution is -2.16. The first-order chi connectivity index (χ1) is 6.47. The lowest BCUT2D eigenvalue weighted by Gasteiger charge is -2.08. The molecule has 1 rings (SSSR count). The Bertz CT molecular complexity index is 301. The predicted octanol–water partition coefficient (Wildman–Crippen LogP) is 1.34. The SMILES string of the molecule is CCc1cc(C(F)(F)F)nc(NN)n1. The van der Waals surface area contributed by atoms with Gasteiger partial charge in [-0.2, -0.15) is 13.2 Å². The third-order valence-electron chi connectivity index (χ3n) is 1.56. The summed E-state index contributed by atoms with van der Waals surface area (Å²) in [5, 5.41) is 0. The normalized spacial score (nSPS) is 11.5. The van der Waals surface area contributed by atoms with Crippen LogP contribution in [0.3, 0.4) is 0 Å². The van der Waals surface area contributed by atoms with E-state index in [4.69, 9.17) is 5.84 Å². The van der Waals surface area contributed by atoms with E-state index in [9.17, 15) is 13.2 Å². The zero-order chi connectivity index (χ0) is 10.8. The minimum Gasteiger partial charge on any atom is -0.292 e. The number of alkyl halides is 3. The van der Waals surface area contributed by atoms with Gasteiger partial charge >= 0.3 is 6.18 Å². The molecule has 0 saturated carbocycles. The monoisotopic (exact) mass is 206 g/mol. The molecule has 0 aliphatic carbocycles. The van der Waals surface area contributed by atoms with Crippen LogP contribution in [0.2, 0.25) is 0 Å². The van der Waals surface area contributed by atoms with Crippen LogP contribution in [-0.2, 0) is 12.6 Å². The van der Waals surface area contributed by atoms with Crippen molar-refractivity contribution in [3.63, 3.8) is 0 Å². The Balaban J connectivity index is 3.17. The van der Waals surface area contributed by atoms with Gasteiger partial charge in [-0.25, -0.2) is 15.8 Å². The van der Waals surface area contributed by atoms with Crippen molar-refractivity contribution in [2.45, 2.75) is 19.5 Å². The molecule has 0 atom stereocenters. The largest absolute Gasteiger partial charge is 0.433 e. The molecular formula is C7H9F3N4. The van der Waals surface area contributed by atoms with Crippen molar-refractivity contribution in [3.8, 4) is 0 Å². The molecule has 78 valence electrons. The average Bonchev–Trinajstić information content (AvgIpc) is 2.15. The molecule has 0 fully saturated rings. The molecule has 4 nitrogen and oxygen atoms in total. The number of aryl methyl sites for hydroxylation is 1. The third kappa shape index (κ3) is 2.32. The van der Waals surface area contributed by atoms with E-state index in [2.05, 4.69) is 9.97 Å². The van der Waals surface area contributed by atoms with Crippen molar-refractivity contribution in [2.75, 3.05) is 5.43 Å². The molecule has 1 aromatic heterocycles. The molecule has 0 spiro atoms. The highest BCUT2D eigenvalue weighted by Crippen LogP contribution is 2.28. The Hall–Kier alpha value is -1.37. The molecule has 0 aromatic carbocycles.